The van der Waals surface area contributed by atoms with Crippen LogP contribution in [0.25, 0.3) is 0 Å². The molecule has 9 nitrogen and oxygen atoms in total. The molecule has 46 heavy (non-hydrogen) atoms. The Hall–Kier alpha value is -4.41. The largest absolute Gasteiger partial charge is 0.493 e. The fraction of sp³-hybridized carbons (Fsp3) is 0.324. The van der Waals surface area contributed by atoms with Gasteiger partial charge in [0.1, 0.15) is 0 Å². The van der Waals surface area contributed by atoms with Crippen LogP contribution in [0.1, 0.15) is 52.2 Å². The maximum absolute atomic E-state index is 12.5. The molecule has 240 valence electrons. The molecular weight excluding hydrogens is 582 g/mol. The third-order valence-corrected chi connectivity index (χ3v) is 8.61. The summed E-state index contributed by atoms with van der Waals surface area (Å²) < 4.78 is 24.2. The maximum atomic E-state index is 12.5. The molecule has 2 amide bonds. The number of hydrogen-bond donors (Lipinski definition) is 3. The van der Waals surface area contributed by atoms with Crippen LogP contribution >= 0.6 is 0 Å². The molecule has 2 aliphatic heterocycles. The van der Waals surface area contributed by atoms with Crippen LogP contribution in [0.5, 0.6) is 11.5 Å². The highest BCUT2D eigenvalue weighted by Crippen LogP contribution is 2.39. The summed E-state index contributed by atoms with van der Waals surface area (Å²) in [6, 6.07) is 29.2. The Labute approximate surface area is 270 Å². The number of urea groups is 1. The molecule has 2 heterocycles. The van der Waals surface area contributed by atoms with Gasteiger partial charge in [-0.3, -0.25) is 4.90 Å². The van der Waals surface area contributed by atoms with Crippen LogP contribution in [0.2, 0.25) is 0 Å². The van der Waals surface area contributed by atoms with Gasteiger partial charge in [-0.15, -0.1) is 0 Å². The monoisotopic (exact) mass is 623 g/mol. The first-order chi connectivity index (χ1) is 22.5. The second-order valence-corrected chi connectivity index (χ2v) is 11.7. The molecule has 0 radical (unpaired) electrons. The number of ether oxygens (including phenoxy) is 4. The van der Waals surface area contributed by atoms with Crippen LogP contribution in [0.4, 0.5) is 10.5 Å². The minimum absolute atomic E-state index is 0.00206. The van der Waals surface area contributed by atoms with E-state index in [0.717, 1.165) is 59.8 Å². The lowest BCUT2D eigenvalue weighted by Gasteiger charge is -2.39. The molecule has 1 saturated heterocycles. The van der Waals surface area contributed by atoms with E-state index in [1.54, 1.807) is 14.2 Å². The Morgan fingerprint density at radius 2 is 1.57 bits per heavy atom. The number of carbonyl (C=O) groups is 1. The average Bonchev–Trinajstić information content (AvgIpc) is 3.10. The van der Waals surface area contributed by atoms with Crippen molar-refractivity contribution >= 4 is 11.7 Å². The number of aliphatic hydroxyl groups excluding tert-OH is 1. The molecule has 3 atom stereocenters. The topological polar surface area (TPSA) is 102 Å². The van der Waals surface area contributed by atoms with Crippen LogP contribution in [0.3, 0.4) is 0 Å². The molecule has 4 aromatic carbocycles. The number of amides is 2. The molecule has 1 fully saturated rings. The molecule has 9 heteroatoms. The van der Waals surface area contributed by atoms with Gasteiger partial charge in [-0.1, -0.05) is 66.7 Å². The fourth-order valence-electron chi connectivity index (χ4n) is 6.10. The molecule has 0 aliphatic carbocycles. The summed E-state index contributed by atoms with van der Waals surface area (Å²) in [4.78, 5) is 14.9. The molecule has 0 saturated carbocycles. The number of benzene rings is 4. The number of aliphatic hydroxyl groups is 1. The lowest BCUT2D eigenvalue weighted by molar-refractivity contribution is -0.253. The van der Waals surface area contributed by atoms with Gasteiger partial charge in [-0.25, -0.2) is 4.79 Å². The van der Waals surface area contributed by atoms with Crippen molar-refractivity contribution in [2.45, 2.75) is 51.0 Å². The number of fused-ring (bicyclic) bond motifs is 1. The number of carbonyl (C=O) groups excluding carboxylic acids is 1. The first-order valence-electron chi connectivity index (χ1n) is 15.7. The molecule has 0 spiro atoms. The Bertz CT molecular complexity index is 1600. The van der Waals surface area contributed by atoms with E-state index in [-0.39, 0.29) is 24.8 Å². The van der Waals surface area contributed by atoms with Gasteiger partial charge in [0.25, 0.3) is 0 Å². The summed E-state index contributed by atoms with van der Waals surface area (Å²) in [7, 11) is 3.33. The van der Waals surface area contributed by atoms with E-state index in [1.807, 2.05) is 78.9 Å². The van der Waals surface area contributed by atoms with Gasteiger partial charge >= 0.3 is 6.03 Å². The van der Waals surface area contributed by atoms with Crippen LogP contribution in [-0.2, 0) is 35.6 Å². The van der Waals surface area contributed by atoms with E-state index in [2.05, 4.69) is 27.7 Å². The van der Waals surface area contributed by atoms with E-state index in [4.69, 9.17) is 18.9 Å². The standard InChI is InChI=1S/C37H41N3O6/c1-43-34-18-29-16-17-40(22-30(29)19-35(34)44-2)23-32-20-33(27-10-8-26(24-41)9-11-27)46-36(45-32)28-12-14-31(15-13-28)39-37(42)38-21-25-6-4-3-5-7-25/h3-15,18-19,32-33,36,41H,16-17,20-24H2,1-2H3,(H2,38,39,42). The normalized spacial score (nSPS) is 19.6. The van der Waals surface area contributed by atoms with Crippen molar-refractivity contribution in [3.8, 4) is 11.5 Å². The lowest BCUT2D eigenvalue weighted by Crippen LogP contribution is -2.41. The summed E-state index contributed by atoms with van der Waals surface area (Å²) in [6.45, 7) is 2.90. The molecule has 4 aromatic rings. The molecule has 3 unspecified atom stereocenters. The summed E-state index contributed by atoms with van der Waals surface area (Å²) in [6.07, 6.45) is 0.778. The fourth-order valence-corrected chi connectivity index (χ4v) is 6.10. The minimum atomic E-state index is -0.580. The number of anilines is 1. The highest BCUT2D eigenvalue weighted by atomic mass is 16.7. The van der Waals surface area contributed by atoms with Gasteiger partial charge in [0.2, 0.25) is 0 Å². The van der Waals surface area contributed by atoms with E-state index >= 15 is 0 Å². The first kappa shape index (κ1) is 31.6. The van der Waals surface area contributed by atoms with Crippen molar-refractivity contribution in [3.63, 3.8) is 0 Å². The number of nitrogens with one attached hydrogen (secondary N) is 2. The lowest BCUT2D eigenvalue weighted by atomic mass is 9.97. The van der Waals surface area contributed by atoms with Crippen LogP contribution in [-0.4, -0.2) is 49.5 Å². The van der Waals surface area contributed by atoms with Gasteiger partial charge in [-0.2, -0.15) is 0 Å². The van der Waals surface area contributed by atoms with Gasteiger partial charge < -0.3 is 34.7 Å². The van der Waals surface area contributed by atoms with Gasteiger partial charge in [0.15, 0.2) is 17.8 Å². The summed E-state index contributed by atoms with van der Waals surface area (Å²) in [5.74, 6) is 1.50. The number of nitrogens with zero attached hydrogens (tertiary/aromatic N) is 1. The smallest absolute Gasteiger partial charge is 0.319 e. The third-order valence-electron chi connectivity index (χ3n) is 8.61. The quantitative estimate of drug-likeness (QED) is 0.196. The van der Waals surface area contributed by atoms with Crippen molar-refractivity contribution in [2.75, 3.05) is 32.6 Å². The Morgan fingerprint density at radius 1 is 0.870 bits per heavy atom. The molecule has 6 rings (SSSR count). The zero-order valence-corrected chi connectivity index (χ0v) is 26.3. The van der Waals surface area contributed by atoms with Gasteiger partial charge in [0, 0.05) is 43.9 Å². The van der Waals surface area contributed by atoms with Gasteiger partial charge in [-0.05, 0) is 58.5 Å². The molecule has 3 N–H and O–H groups in total. The van der Waals surface area contributed by atoms with Crippen molar-refractivity contribution in [1.29, 1.82) is 0 Å². The van der Waals surface area contributed by atoms with Crippen LogP contribution < -0.4 is 20.1 Å². The zero-order valence-electron chi connectivity index (χ0n) is 26.3. The van der Waals surface area contributed by atoms with E-state index in [0.29, 0.717) is 18.7 Å². The molecule has 2 aliphatic rings. The van der Waals surface area contributed by atoms with E-state index < -0.39 is 6.29 Å². The van der Waals surface area contributed by atoms with Crippen molar-refractivity contribution in [1.82, 2.24) is 10.2 Å². The van der Waals surface area contributed by atoms with E-state index in [1.165, 1.54) is 11.1 Å². The molecule has 0 aromatic heterocycles. The number of hydrogen-bond acceptors (Lipinski definition) is 7. The van der Waals surface area contributed by atoms with Crippen LogP contribution in [0, 0.1) is 0 Å². The van der Waals surface area contributed by atoms with Crippen molar-refractivity contribution in [3.05, 3.63) is 124 Å². The highest BCUT2D eigenvalue weighted by Gasteiger charge is 2.34. The minimum Gasteiger partial charge on any atom is -0.493 e. The summed E-state index contributed by atoms with van der Waals surface area (Å²) in [5.41, 5.74) is 7.00. The summed E-state index contributed by atoms with van der Waals surface area (Å²) >= 11 is 0. The predicted octanol–water partition coefficient (Wildman–Crippen LogP) is 6.12. The van der Waals surface area contributed by atoms with E-state index in [9.17, 15) is 9.90 Å². The van der Waals surface area contributed by atoms with Crippen molar-refractivity contribution in [2.24, 2.45) is 0 Å². The number of rotatable bonds is 10. The SMILES string of the molecule is COc1cc2c(cc1OC)CN(CC1CC(c3ccc(CO)cc3)OC(c3ccc(NC(=O)NCc4ccccc4)cc3)O1)CC2. The zero-order chi connectivity index (χ0) is 31.9. The predicted molar refractivity (Wildman–Crippen MR) is 176 cm³/mol. The Kier molecular flexibility index (Phi) is 10.1. The second kappa shape index (κ2) is 14.8. The van der Waals surface area contributed by atoms with Gasteiger partial charge in [0.05, 0.1) is 33.0 Å². The third kappa shape index (κ3) is 7.68. The Morgan fingerprint density at radius 3 is 2.26 bits per heavy atom. The highest BCUT2D eigenvalue weighted by molar-refractivity contribution is 5.89. The van der Waals surface area contributed by atoms with Crippen molar-refractivity contribution < 1.29 is 28.8 Å². The number of methoxy groups -OCH3 is 2. The second-order valence-electron chi connectivity index (χ2n) is 11.7. The Balaban J connectivity index is 1.14. The molecule has 0 bridgehead atoms. The first-order valence-corrected chi connectivity index (χ1v) is 15.7. The average molecular weight is 624 g/mol. The van der Waals surface area contributed by atoms with Crippen LogP contribution in [0.15, 0.2) is 91.0 Å². The molecular formula is C37H41N3O6. The summed E-state index contributed by atoms with van der Waals surface area (Å²) in [5, 5.41) is 15.3. The maximum Gasteiger partial charge on any atom is 0.319 e.